The van der Waals surface area contributed by atoms with Gasteiger partial charge in [0.15, 0.2) is 0 Å². The monoisotopic (exact) mass is 344 g/mol. The van der Waals surface area contributed by atoms with Crippen molar-refractivity contribution < 1.29 is 13.6 Å². The van der Waals surface area contributed by atoms with Gasteiger partial charge in [0.05, 0.1) is 19.4 Å². The fourth-order valence-electron chi connectivity index (χ4n) is 2.00. The van der Waals surface area contributed by atoms with Gasteiger partial charge in [-0.05, 0) is 42.5 Å². The van der Waals surface area contributed by atoms with Crippen molar-refractivity contribution >= 4 is 30.5 Å². The largest absolute Gasteiger partial charge is 0.335 e. The van der Waals surface area contributed by atoms with Gasteiger partial charge in [0.2, 0.25) is 0 Å². The van der Waals surface area contributed by atoms with Crippen LogP contribution in [0.3, 0.4) is 0 Å². The van der Waals surface area contributed by atoms with Gasteiger partial charge in [-0.15, -0.1) is 11.3 Å². The summed E-state index contributed by atoms with van der Waals surface area (Å²) in [5, 5.41) is 2.61. The number of hydrogen-bond acceptors (Lipinski definition) is 4. The molecule has 2 aromatic rings. The number of rotatable bonds is 7. The third kappa shape index (κ3) is 4.41. The Morgan fingerprint density at radius 2 is 1.90 bits per heavy atom. The van der Waals surface area contributed by atoms with Gasteiger partial charge < -0.3 is 9.05 Å². The molecule has 1 aromatic carbocycles. The second kappa shape index (κ2) is 7.57. The van der Waals surface area contributed by atoms with Crippen LogP contribution in [0.15, 0.2) is 35.7 Å². The van der Waals surface area contributed by atoms with E-state index in [0.29, 0.717) is 18.2 Å². The lowest BCUT2D eigenvalue weighted by Gasteiger charge is -2.17. The van der Waals surface area contributed by atoms with Crippen molar-refractivity contribution in [1.29, 1.82) is 0 Å². The molecule has 3 nitrogen and oxygen atoms in total. The Kier molecular flexibility index (Phi) is 6.03. The quantitative estimate of drug-likeness (QED) is 0.592. The minimum absolute atomic E-state index is 0.193. The van der Waals surface area contributed by atoms with Crippen molar-refractivity contribution in [2.24, 2.45) is 0 Å². The van der Waals surface area contributed by atoms with Crippen molar-refractivity contribution in [3.63, 3.8) is 0 Å². The fraction of sp³-hybridized carbons (Fsp3) is 0.333. The maximum atomic E-state index is 12.5. The maximum Gasteiger partial charge on any atom is 0.335 e. The number of halogens is 1. The lowest BCUT2D eigenvalue weighted by atomic mass is 10.1. The van der Waals surface area contributed by atoms with Crippen molar-refractivity contribution in [1.82, 2.24) is 0 Å². The molecular weight excluding hydrogens is 327 g/mol. The zero-order valence-electron chi connectivity index (χ0n) is 12.0. The lowest BCUT2D eigenvalue weighted by Crippen LogP contribution is -1.99. The van der Waals surface area contributed by atoms with Gasteiger partial charge in [0.25, 0.3) is 0 Å². The second-order valence-electron chi connectivity index (χ2n) is 4.39. The van der Waals surface area contributed by atoms with E-state index >= 15 is 0 Å². The summed E-state index contributed by atoms with van der Waals surface area (Å²) in [6.45, 7) is 4.30. The molecule has 6 heteroatoms. The molecule has 0 aliphatic carbocycles. The molecule has 0 N–H and O–H groups in total. The molecule has 1 heterocycles. The number of thiophene rings is 1. The van der Waals surface area contributed by atoms with E-state index in [-0.39, 0.29) is 6.16 Å². The molecule has 2 rings (SSSR count). The van der Waals surface area contributed by atoms with Gasteiger partial charge in [0, 0.05) is 9.90 Å². The number of benzene rings is 1. The van der Waals surface area contributed by atoms with E-state index in [4.69, 9.17) is 20.6 Å². The minimum Gasteiger partial charge on any atom is -0.309 e. The molecule has 21 heavy (non-hydrogen) atoms. The molecule has 114 valence electrons. The molecule has 0 radical (unpaired) electrons. The normalized spacial score (nSPS) is 11.8. The Hall–Kier alpha value is -0.640. The molecule has 0 saturated heterocycles. The summed E-state index contributed by atoms with van der Waals surface area (Å²) in [7, 11) is -3.13. The van der Waals surface area contributed by atoms with E-state index in [2.05, 4.69) is 0 Å². The molecule has 0 unspecified atom stereocenters. The van der Waals surface area contributed by atoms with Crippen LogP contribution in [0.2, 0.25) is 5.02 Å². The van der Waals surface area contributed by atoms with Gasteiger partial charge in [0.1, 0.15) is 0 Å². The Bertz CT molecular complexity index is 618. The van der Waals surface area contributed by atoms with Crippen LogP contribution < -0.4 is 0 Å². The third-order valence-corrected chi connectivity index (χ3v) is 6.18. The SMILES string of the molecule is CCOP(=O)(Cc1ccc(-c2cccs2)cc1Cl)OCC. The topological polar surface area (TPSA) is 35.5 Å². The highest BCUT2D eigenvalue weighted by atomic mass is 35.5. The van der Waals surface area contributed by atoms with Crippen LogP contribution in [0.4, 0.5) is 0 Å². The van der Waals surface area contributed by atoms with Crippen molar-refractivity contribution in [2.45, 2.75) is 20.0 Å². The highest BCUT2D eigenvalue weighted by molar-refractivity contribution is 7.53. The highest BCUT2D eigenvalue weighted by Crippen LogP contribution is 2.52. The Balaban J connectivity index is 2.23. The first kappa shape index (κ1) is 16.7. The number of hydrogen-bond donors (Lipinski definition) is 0. The van der Waals surface area contributed by atoms with Gasteiger partial charge >= 0.3 is 7.60 Å². The first-order valence-corrected chi connectivity index (χ1v) is 9.77. The summed E-state index contributed by atoms with van der Waals surface area (Å²) in [6, 6.07) is 9.81. The Morgan fingerprint density at radius 1 is 1.19 bits per heavy atom. The van der Waals surface area contributed by atoms with Crippen LogP contribution >= 0.6 is 30.5 Å². The molecule has 0 spiro atoms. The maximum absolute atomic E-state index is 12.5. The van der Waals surface area contributed by atoms with Gasteiger partial charge in [-0.25, -0.2) is 0 Å². The molecule has 1 aromatic heterocycles. The summed E-state index contributed by atoms with van der Waals surface area (Å²) < 4.78 is 23.2. The van der Waals surface area contributed by atoms with Crippen molar-refractivity contribution in [2.75, 3.05) is 13.2 Å². The van der Waals surface area contributed by atoms with Crippen LogP contribution in [-0.4, -0.2) is 13.2 Å². The van der Waals surface area contributed by atoms with Gasteiger partial charge in [-0.2, -0.15) is 0 Å². The van der Waals surface area contributed by atoms with Gasteiger partial charge in [-0.1, -0.05) is 29.8 Å². The zero-order chi connectivity index (χ0) is 15.3. The molecule has 0 saturated carbocycles. The molecule has 0 aliphatic heterocycles. The van der Waals surface area contributed by atoms with Crippen molar-refractivity contribution in [3.05, 3.63) is 46.3 Å². The summed E-state index contributed by atoms with van der Waals surface area (Å²) in [6.07, 6.45) is 0.193. The van der Waals surface area contributed by atoms with Crippen molar-refractivity contribution in [3.8, 4) is 10.4 Å². The molecule has 0 aliphatic rings. The fourth-order valence-corrected chi connectivity index (χ4v) is 4.80. The van der Waals surface area contributed by atoms with E-state index in [1.807, 2.05) is 35.7 Å². The van der Waals surface area contributed by atoms with Crippen LogP contribution in [0, 0.1) is 0 Å². The van der Waals surface area contributed by atoms with E-state index in [9.17, 15) is 4.57 Å². The highest BCUT2D eigenvalue weighted by Gasteiger charge is 2.25. The van der Waals surface area contributed by atoms with Crippen LogP contribution in [0.1, 0.15) is 19.4 Å². The predicted molar refractivity (Wildman–Crippen MR) is 89.3 cm³/mol. The Morgan fingerprint density at radius 3 is 2.43 bits per heavy atom. The molecule has 0 fully saturated rings. The third-order valence-electron chi connectivity index (χ3n) is 2.87. The summed E-state index contributed by atoms with van der Waals surface area (Å²) in [5.74, 6) is 0. The summed E-state index contributed by atoms with van der Waals surface area (Å²) in [5.41, 5.74) is 1.84. The summed E-state index contributed by atoms with van der Waals surface area (Å²) in [4.78, 5) is 1.15. The van der Waals surface area contributed by atoms with Crippen LogP contribution in [0.5, 0.6) is 0 Å². The average molecular weight is 345 g/mol. The van der Waals surface area contributed by atoms with Gasteiger partial charge in [-0.3, -0.25) is 4.57 Å². The average Bonchev–Trinajstić information content (AvgIpc) is 2.95. The van der Waals surface area contributed by atoms with E-state index in [0.717, 1.165) is 16.0 Å². The standard InChI is InChI=1S/C15H18ClO3PS/c1-3-18-20(17,19-4-2)11-13-8-7-12(10-14(13)16)15-6-5-9-21-15/h5-10H,3-4,11H2,1-2H3. The first-order valence-electron chi connectivity index (χ1n) is 6.78. The van der Waals surface area contributed by atoms with E-state index < -0.39 is 7.60 Å². The smallest absolute Gasteiger partial charge is 0.309 e. The predicted octanol–water partition coefficient (Wildman–Crippen LogP) is 5.83. The summed E-state index contributed by atoms with van der Waals surface area (Å²) >= 11 is 7.98. The molecule has 0 atom stereocenters. The zero-order valence-corrected chi connectivity index (χ0v) is 14.5. The molecular formula is C15H18ClO3PS. The minimum atomic E-state index is -3.13. The first-order chi connectivity index (χ1) is 10.1. The molecule has 0 bridgehead atoms. The second-order valence-corrected chi connectivity index (χ2v) is 7.80. The van der Waals surface area contributed by atoms with Crippen LogP contribution in [0.25, 0.3) is 10.4 Å². The molecule has 0 amide bonds. The van der Waals surface area contributed by atoms with Crippen LogP contribution in [-0.2, 0) is 19.8 Å². The Labute approximate surface area is 134 Å². The van der Waals surface area contributed by atoms with E-state index in [1.165, 1.54) is 0 Å². The van der Waals surface area contributed by atoms with E-state index in [1.54, 1.807) is 25.2 Å². The lowest BCUT2D eigenvalue weighted by molar-refractivity contribution is 0.219.